The maximum absolute atomic E-state index is 11.8. The fraction of sp³-hybridized carbons (Fsp3) is 0.455. The first kappa shape index (κ1) is 14.4. The van der Waals surface area contributed by atoms with Gasteiger partial charge in [0.15, 0.2) is 0 Å². The Morgan fingerprint density at radius 1 is 1.44 bits per heavy atom. The zero-order chi connectivity index (χ0) is 13.6. The molecule has 0 aliphatic carbocycles. The van der Waals surface area contributed by atoms with Crippen molar-refractivity contribution >= 4 is 5.91 Å². The number of carbonyl (C=O) groups excluding carboxylic acids is 1. The number of nitrogens with zero attached hydrogens (tertiary/aromatic N) is 1. The number of hydrogen-bond acceptors (Lipinski definition) is 3. The molecule has 0 aliphatic heterocycles. The first-order chi connectivity index (χ1) is 8.38. The van der Waals surface area contributed by atoms with Gasteiger partial charge in [-0.2, -0.15) is 13.2 Å². The lowest BCUT2D eigenvalue weighted by molar-refractivity contribution is -0.128. The van der Waals surface area contributed by atoms with E-state index in [0.717, 1.165) is 11.1 Å². The maximum Gasteiger partial charge on any atom is 0.401 e. The van der Waals surface area contributed by atoms with Gasteiger partial charge in [-0.1, -0.05) is 0 Å². The van der Waals surface area contributed by atoms with Crippen LogP contribution in [0.2, 0.25) is 0 Å². The smallest absolute Gasteiger partial charge is 0.351 e. The summed E-state index contributed by atoms with van der Waals surface area (Å²) in [6.45, 7) is 0.593. The molecule has 0 fully saturated rings. The van der Waals surface area contributed by atoms with Gasteiger partial charge in [-0.05, 0) is 24.1 Å². The predicted octanol–water partition coefficient (Wildman–Crippen LogP) is 1.16. The van der Waals surface area contributed by atoms with Crippen LogP contribution in [0, 0.1) is 6.92 Å². The summed E-state index contributed by atoms with van der Waals surface area (Å²) in [7, 11) is 0. The predicted molar refractivity (Wildman–Crippen MR) is 59.7 cm³/mol. The van der Waals surface area contributed by atoms with E-state index in [1.807, 2.05) is 12.2 Å². The van der Waals surface area contributed by atoms with Gasteiger partial charge < -0.3 is 10.6 Å². The van der Waals surface area contributed by atoms with Gasteiger partial charge in [0.25, 0.3) is 0 Å². The monoisotopic (exact) mass is 261 g/mol. The van der Waals surface area contributed by atoms with Crippen molar-refractivity contribution in [1.29, 1.82) is 0 Å². The van der Waals surface area contributed by atoms with E-state index in [2.05, 4.69) is 10.3 Å². The van der Waals surface area contributed by atoms with E-state index in [1.165, 1.54) is 0 Å². The number of pyridine rings is 1. The van der Waals surface area contributed by atoms with E-state index in [-0.39, 0.29) is 13.1 Å². The number of aryl methyl sites for hydroxylation is 1. The second-order valence-electron chi connectivity index (χ2n) is 3.80. The van der Waals surface area contributed by atoms with Crippen molar-refractivity contribution in [3.05, 3.63) is 29.6 Å². The Kier molecular flexibility index (Phi) is 5.08. The van der Waals surface area contributed by atoms with Crippen molar-refractivity contribution in [2.24, 2.45) is 0 Å². The Labute approximate surface area is 103 Å². The van der Waals surface area contributed by atoms with Crippen molar-refractivity contribution in [3.63, 3.8) is 0 Å². The number of nitrogens with one attached hydrogen (secondary N) is 2. The molecule has 0 aliphatic rings. The first-order valence-corrected chi connectivity index (χ1v) is 5.32. The Hall–Kier alpha value is -1.63. The molecule has 0 unspecified atom stereocenters. The number of alkyl halides is 3. The standard InChI is InChI=1S/C11H14F3N3O/c1-8-4-15-3-2-9(8)5-17-10(18)6-16-7-11(12,13)14/h2-4,16H,5-7H2,1H3,(H,17,18). The van der Waals surface area contributed by atoms with Crippen molar-refractivity contribution in [2.45, 2.75) is 19.6 Å². The summed E-state index contributed by atoms with van der Waals surface area (Å²) in [6.07, 6.45) is -1.05. The largest absolute Gasteiger partial charge is 0.401 e. The molecule has 0 saturated heterocycles. The zero-order valence-corrected chi connectivity index (χ0v) is 9.84. The second-order valence-corrected chi connectivity index (χ2v) is 3.80. The highest BCUT2D eigenvalue weighted by Gasteiger charge is 2.26. The molecule has 1 amide bonds. The van der Waals surface area contributed by atoms with Gasteiger partial charge in [0.1, 0.15) is 0 Å². The van der Waals surface area contributed by atoms with Crippen molar-refractivity contribution < 1.29 is 18.0 Å². The van der Waals surface area contributed by atoms with E-state index in [1.54, 1.807) is 18.5 Å². The number of hydrogen-bond donors (Lipinski definition) is 2. The lowest BCUT2D eigenvalue weighted by Gasteiger charge is -2.09. The highest BCUT2D eigenvalue weighted by atomic mass is 19.4. The number of rotatable bonds is 5. The van der Waals surface area contributed by atoms with Crippen LogP contribution in [0.1, 0.15) is 11.1 Å². The quantitative estimate of drug-likeness (QED) is 0.836. The molecule has 1 aromatic rings. The summed E-state index contributed by atoms with van der Waals surface area (Å²) < 4.78 is 35.4. The molecule has 0 aromatic carbocycles. The molecule has 4 nitrogen and oxygen atoms in total. The molecule has 1 aromatic heterocycles. The molecule has 2 N–H and O–H groups in total. The van der Waals surface area contributed by atoms with Crippen LogP contribution in [-0.2, 0) is 11.3 Å². The Bertz CT molecular complexity index is 407. The number of aromatic nitrogens is 1. The van der Waals surface area contributed by atoms with Gasteiger partial charge in [-0.15, -0.1) is 0 Å². The minimum atomic E-state index is -4.30. The molecule has 0 saturated carbocycles. The zero-order valence-electron chi connectivity index (χ0n) is 9.84. The minimum Gasteiger partial charge on any atom is -0.351 e. The summed E-state index contributed by atoms with van der Waals surface area (Å²) in [4.78, 5) is 15.2. The normalized spacial score (nSPS) is 11.3. The Morgan fingerprint density at radius 2 is 2.17 bits per heavy atom. The van der Waals surface area contributed by atoms with Crippen LogP contribution < -0.4 is 10.6 Å². The van der Waals surface area contributed by atoms with Crippen molar-refractivity contribution in [2.75, 3.05) is 13.1 Å². The van der Waals surface area contributed by atoms with E-state index in [9.17, 15) is 18.0 Å². The Morgan fingerprint density at radius 3 is 2.78 bits per heavy atom. The molecule has 0 atom stereocenters. The average molecular weight is 261 g/mol. The summed E-state index contributed by atoms with van der Waals surface area (Å²) in [6, 6.07) is 1.75. The number of carbonyl (C=O) groups is 1. The fourth-order valence-corrected chi connectivity index (χ4v) is 1.27. The van der Waals surface area contributed by atoms with E-state index in [0.29, 0.717) is 0 Å². The van der Waals surface area contributed by atoms with Crippen LogP contribution in [-0.4, -0.2) is 30.2 Å². The van der Waals surface area contributed by atoms with Crippen LogP contribution in [0.25, 0.3) is 0 Å². The minimum absolute atomic E-state index is 0.279. The highest BCUT2D eigenvalue weighted by Crippen LogP contribution is 2.11. The van der Waals surface area contributed by atoms with E-state index < -0.39 is 18.6 Å². The topological polar surface area (TPSA) is 54.0 Å². The SMILES string of the molecule is Cc1cnccc1CNC(=O)CNCC(F)(F)F. The van der Waals surface area contributed by atoms with Gasteiger partial charge in [-0.3, -0.25) is 9.78 Å². The lowest BCUT2D eigenvalue weighted by atomic mass is 10.1. The highest BCUT2D eigenvalue weighted by molar-refractivity contribution is 5.77. The first-order valence-electron chi connectivity index (χ1n) is 5.32. The molecular formula is C11H14F3N3O. The van der Waals surface area contributed by atoms with E-state index in [4.69, 9.17) is 0 Å². The third-order valence-corrected chi connectivity index (χ3v) is 2.22. The van der Waals surface area contributed by atoms with Crippen LogP contribution >= 0.6 is 0 Å². The van der Waals surface area contributed by atoms with Crippen LogP contribution in [0.3, 0.4) is 0 Å². The van der Waals surface area contributed by atoms with Crippen molar-refractivity contribution in [3.8, 4) is 0 Å². The molecule has 1 rings (SSSR count). The van der Waals surface area contributed by atoms with Gasteiger partial charge >= 0.3 is 6.18 Å². The molecule has 0 spiro atoms. The lowest BCUT2D eigenvalue weighted by Crippen LogP contribution is -2.38. The molecule has 18 heavy (non-hydrogen) atoms. The molecule has 7 heteroatoms. The number of amides is 1. The molecule has 100 valence electrons. The maximum atomic E-state index is 11.8. The van der Waals surface area contributed by atoms with E-state index >= 15 is 0 Å². The summed E-state index contributed by atoms with van der Waals surface area (Å²) in [5.41, 5.74) is 1.80. The molecular weight excluding hydrogens is 247 g/mol. The number of halogens is 3. The third-order valence-electron chi connectivity index (χ3n) is 2.22. The fourth-order valence-electron chi connectivity index (χ4n) is 1.27. The van der Waals surface area contributed by atoms with Gasteiger partial charge in [0, 0.05) is 18.9 Å². The Balaban J connectivity index is 2.28. The van der Waals surface area contributed by atoms with Crippen LogP contribution in [0.5, 0.6) is 0 Å². The van der Waals surface area contributed by atoms with Gasteiger partial charge in [0.2, 0.25) is 5.91 Å². The van der Waals surface area contributed by atoms with Crippen LogP contribution in [0.4, 0.5) is 13.2 Å². The summed E-state index contributed by atoms with van der Waals surface area (Å²) in [5.74, 6) is -0.476. The molecule has 0 bridgehead atoms. The van der Waals surface area contributed by atoms with Crippen LogP contribution in [0.15, 0.2) is 18.5 Å². The molecule has 0 radical (unpaired) electrons. The molecule has 1 heterocycles. The van der Waals surface area contributed by atoms with Gasteiger partial charge in [-0.25, -0.2) is 0 Å². The third kappa shape index (κ3) is 5.62. The summed E-state index contributed by atoms with van der Waals surface area (Å²) >= 11 is 0. The second kappa shape index (κ2) is 6.34. The van der Waals surface area contributed by atoms with Crippen molar-refractivity contribution in [1.82, 2.24) is 15.6 Å². The van der Waals surface area contributed by atoms with Gasteiger partial charge in [0.05, 0.1) is 13.1 Å². The average Bonchev–Trinajstić information content (AvgIpc) is 2.26. The summed E-state index contributed by atoms with van der Waals surface area (Å²) in [5, 5.41) is 4.56.